The maximum Gasteiger partial charge on any atom is 0.176 e. The van der Waals surface area contributed by atoms with E-state index in [4.69, 9.17) is 9.47 Å². The van der Waals surface area contributed by atoms with Crippen molar-refractivity contribution in [2.24, 2.45) is 0 Å². The minimum Gasteiger partial charge on any atom is -0.387 e. The molecule has 14 heavy (non-hydrogen) atoms. The lowest BCUT2D eigenvalue weighted by Gasteiger charge is -2.11. The molecule has 1 rings (SSSR count). The summed E-state index contributed by atoms with van der Waals surface area (Å²) in [4.78, 5) is 0. The van der Waals surface area contributed by atoms with Gasteiger partial charge in [0.2, 0.25) is 0 Å². The molecular formula is C8H15N3O3. The summed E-state index contributed by atoms with van der Waals surface area (Å²) in [5.41, 5.74) is 0.538. The highest BCUT2D eigenvalue weighted by Crippen LogP contribution is 2.07. The number of methoxy groups -OCH3 is 2. The number of aromatic nitrogens is 3. The Bertz CT molecular complexity index is 271. The van der Waals surface area contributed by atoms with Gasteiger partial charge < -0.3 is 14.6 Å². The fourth-order valence-corrected chi connectivity index (χ4v) is 0.992. The maximum atomic E-state index is 9.21. The van der Waals surface area contributed by atoms with Crippen LogP contribution in [0.4, 0.5) is 0 Å². The summed E-state index contributed by atoms with van der Waals surface area (Å²) in [6.45, 7) is 2.09. The van der Waals surface area contributed by atoms with Crippen molar-refractivity contribution in [1.29, 1.82) is 0 Å². The van der Waals surface area contributed by atoms with Crippen LogP contribution in [0.1, 0.15) is 18.7 Å². The monoisotopic (exact) mass is 201 g/mol. The first-order chi connectivity index (χ1) is 6.67. The van der Waals surface area contributed by atoms with Crippen molar-refractivity contribution in [1.82, 2.24) is 15.0 Å². The molecule has 1 heterocycles. The van der Waals surface area contributed by atoms with Gasteiger partial charge in [0, 0.05) is 14.2 Å². The molecule has 6 nitrogen and oxygen atoms in total. The summed E-state index contributed by atoms with van der Waals surface area (Å²) >= 11 is 0. The molecule has 1 aromatic heterocycles. The molecule has 0 spiro atoms. The molecule has 0 saturated heterocycles. The van der Waals surface area contributed by atoms with Gasteiger partial charge in [-0.1, -0.05) is 5.21 Å². The number of aliphatic hydroxyl groups is 1. The van der Waals surface area contributed by atoms with Gasteiger partial charge in [0.05, 0.1) is 18.8 Å². The zero-order chi connectivity index (χ0) is 10.6. The predicted molar refractivity (Wildman–Crippen MR) is 48.5 cm³/mol. The minimum atomic E-state index is -0.604. The Hall–Kier alpha value is -0.980. The van der Waals surface area contributed by atoms with Gasteiger partial charge in [-0.2, -0.15) is 0 Å². The van der Waals surface area contributed by atoms with Crippen molar-refractivity contribution in [2.45, 2.75) is 25.9 Å². The van der Waals surface area contributed by atoms with Gasteiger partial charge in [-0.25, -0.2) is 4.68 Å². The molecule has 0 aliphatic heterocycles. The van der Waals surface area contributed by atoms with E-state index in [-0.39, 0.29) is 6.29 Å². The molecule has 1 aromatic rings. The number of hydrogen-bond acceptors (Lipinski definition) is 5. The van der Waals surface area contributed by atoms with E-state index in [1.165, 1.54) is 0 Å². The molecule has 1 unspecified atom stereocenters. The second-order valence-electron chi connectivity index (χ2n) is 2.94. The number of aliphatic hydroxyl groups excluding tert-OH is 1. The van der Waals surface area contributed by atoms with Crippen LogP contribution in [0.3, 0.4) is 0 Å². The van der Waals surface area contributed by atoms with Gasteiger partial charge >= 0.3 is 0 Å². The van der Waals surface area contributed by atoms with Gasteiger partial charge in [0.15, 0.2) is 6.29 Å². The molecule has 1 N–H and O–H groups in total. The van der Waals surface area contributed by atoms with Gasteiger partial charge in [-0.05, 0) is 6.92 Å². The molecule has 0 amide bonds. The molecule has 80 valence electrons. The number of nitrogens with zero attached hydrogens (tertiary/aromatic N) is 3. The molecule has 0 aliphatic carbocycles. The average Bonchev–Trinajstić information content (AvgIpc) is 2.62. The highest BCUT2D eigenvalue weighted by molar-refractivity contribution is 4.95. The van der Waals surface area contributed by atoms with E-state index in [0.717, 1.165) is 0 Å². The Labute approximate surface area is 82.4 Å². The third-order valence-corrected chi connectivity index (χ3v) is 1.85. The number of rotatable bonds is 5. The van der Waals surface area contributed by atoms with Crippen LogP contribution in [-0.4, -0.2) is 40.6 Å². The van der Waals surface area contributed by atoms with E-state index in [1.54, 1.807) is 32.0 Å². The first-order valence-corrected chi connectivity index (χ1v) is 4.31. The summed E-state index contributed by atoms with van der Waals surface area (Å²) in [7, 11) is 3.11. The molecule has 6 heteroatoms. The van der Waals surface area contributed by atoms with Gasteiger partial charge in [-0.15, -0.1) is 5.10 Å². The highest BCUT2D eigenvalue weighted by Gasteiger charge is 2.10. The van der Waals surface area contributed by atoms with E-state index in [1.807, 2.05) is 0 Å². The summed E-state index contributed by atoms with van der Waals surface area (Å²) in [5.74, 6) is 0. The molecule has 0 aromatic carbocycles. The van der Waals surface area contributed by atoms with Crippen LogP contribution in [0.25, 0.3) is 0 Å². The largest absolute Gasteiger partial charge is 0.387 e. The second kappa shape index (κ2) is 5.04. The fraction of sp³-hybridized carbons (Fsp3) is 0.750. The summed E-state index contributed by atoms with van der Waals surface area (Å²) < 4.78 is 11.6. The van der Waals surface area contributed by atoms with Crippen LogP contribution in [0.5, 0.6) is 0 Å². The summed E-state index contributed by atoms with van der Waals surface area (Å²) in [5, 5.41) is 16.8. The smallest absolute Gasteiger partial charge is 0.176 e. The highest BCUT2D eigenvalue weighted by atomic mass is 16.7. The normalized spacial score (nSPS) is 13.5. The fourth-order valence-electron chi connectivity index (χ4n) is 0.992. The Morgan fingerprint density at radius 3 is 2.57 bits per heavy atom. The number of ether oxygens (including phenoxy) is 2. The van der Waals surface area contributed by atoms with E-state index in [9.17, 15) is 5.11 Å². The van der Waals surface area contributed by atoms with Crippen LogP contribution < -0.4 is 0 Å². The Morgan fingerprint density at radius 1 is 1.50 bits per heavy atom. The van der Waals surface area contributed by atoms with Crippen LogP contribution in [0, 0.1) is 0 Å². The summed E-state index contributed by atoms with van der Waals surface area (Å²) in [6, 6.07) is 0. The third-order valence-electron chi connectivity index (χ3n) is 1.85. The van der Waals surface area contributed by atoms with Crippen molar-refractivity contribution >= 4 is 0 Å². The SMILES string of the molecule is COC(Cn1cc(C(C)O)nn1)OC. The molecule has 1 atom stereocenters. The Kier molecular flexibility index (Phi) is 3.99. The zero-order valence-corrected chi connectivity index (χ0v) is 8.54. The lowest BCUT2D eigenvalue weighted by molar-refractivity contribution is -0.112. The quantitative estimate of drug-likeness (QED) is 0.676. The molecule has 0 aliphatic rings. The molecule has 0 radical (unpaired) electrons. The lowest BCUT2D eigenvalue weighted by atomic mass is 10.3. The van der Waals surface area contributed by atoms with Crippen molar-refractivity contribution < 1.29 is 14.6 Å². The average molecular weight is 201 g/mol. The molecule has 0 bridgehead atoms. The van der Waals surface area contributed by atoms with Crippen LogP contribution >= 0.6 is 0 Å². The van der Waals surface area contributed by atoms with Crippen molar-refractivity contribution in [2.75, 3.05) is 14.2 Å². The van der Waals surface area contributed by atoms with E-state index >= 15 is 0 Å². The number of hydrogen-bond donors (Lipinski definition) is 1. The molecule has 0 saturated carbocycles. The third kappa shape index (κ3) is 2.76. The standard InChI is InChI=1S/C8H15N3O3/c1-6(12)7-4-11(10-9-7)5-8(13-2)14-3/h4,6,8,12H,5H2,1-3H3. The van der Waals surface area contributed by atoms with E-state index in [0.29, 0.717) is 12.2 Å². The van der Waals surface area contributed by atoms with Crippen molar-refractivity contribution in [3.8, 4) is 0 Å². The van der Waals surface area contributed by atoms with Crippen molar-refractivity contribution in [3.05, 3.63) is 11.9 Å². The van der Waals surface area contributed by atoms with Crippen LogP contribution in [0.2, 0.25) is 0 Å². The van der Waals surface area contributed by atoms with Crippen LogP contribution in [-0.2, 0) is 16.0 Å². The molecule has 0 fully saturated rings. The first kappa shape index (κ1) is 11.1. The molecular weight excluding hydrogens is 186 g/mol. The first-order valence-electron chi connectivity index (χ1n) is 4.31. The predicted octanol–water partition coefficient (Wildman–Crippen LogP) is -0.0497. The maximum absolute atomic E-state index is 9.21. The van der Waals surface area contributed by atoms with Crippen molar-refractivity contribution in [3.63, 3.8) is 0 Å². The topological polar surface area (TPSA) is 69.4 Å². The Morgan fingerprint density at radius 2 is 2.14 bits per heavy atom. The zero-order valence-electron chi connectivity index (χ0n) is 8.54. The second-order valence-corrected chi connectivity index (χ2v) is 2.94. The van der Waals surface area contributed by atoms with E-state index < -0.39 is 6.10 Å². The van der Waals surface area contributed by atoms with Gasteiger partial charge in [-0.3, -0.25) is 0 Å². The van der Waals surface area contributed by atoms with Crippen LogP contribution in [0.15, 0.2) is 6.20 Å². The van der Waals surface area contributed by atoms with E-state index in [2.05, 4.69) is 10.3 Å². The minimum absolute atomic E-state index is 0.349. The summed E-state index contributed by atoms with van der Waals surface area (Å²) in [6.07, 6.45) is 0.709. The van der Waals surface area contributed by atoms with Gasteiger partial charge in [0.25, 0.3) is 0 Å². The van der Waals surface area contributed by atoms with Gasteiger partial charge in [0.1, 0.15) is 5.69 Å². The Balaban J connectivity index is 2.58. The lowest BCUT2D eigenvalue weighted by Crippen LogP contribution is -2.20.